The number of amides is 1. The number of aromatic nitrogens is 2. The van der Waals surface area contributed by atoms with E-state index in [9.17, 15) is 4.79 Å². The first-order valence-electron chi connectivity index (χ1n) is 9.41. The minimum atomic E-state index is 0.00546. The summed E-state index contributed by atoms with van der Waals surface area (Å²) < 4.78 is 5.26. The molecule has 6 heteroatoms. The summed E-state index contributed by atoms with van der Waals surface area (Å²) in [7, 11) is 1.67. The molecule has 0 aliphatic carbocycles. The van der Waals surface area contributed by atoms with Gasteiger partial charge >= 0.3 is 0 Å². The molecule has 1 amide bonds. The lowest BCUT2D eigenvalue weighted by atomic mass is 10.0. The Balaban J connectivity index is 1.67. The van der Waals surface area contributed by atoms with Crippen LogP contribution in [-0.4, -0.2) is 34.4 Å². The van der Waals surface area contributed by atoms with E-state index in [0.717, 1.165) is 58.2 Å². The first kappa shape index (κ1) is 18.6. The second-order valence-corrected chi connectivity index (χ2v) is 7.93. The van der Waals surface area contributed by atoms with Gasteiger partial charge in [0.25, 0.3) is 5.91 Å². The number of ether oxygens (including phenoxy) is 1. The molecule has 0 N–H and O–H groups in total. The van der Waals surface area contributed by atoms with Gasteiger partial charge in [-0.3, -0.25) is 9.78 Å². The summed E-state index contributed by atoms with van der Waals surface area (Å²) in [4.78, 5) is 24.8. The number of thiazole rings is 1. The van der Waals surface area contributed by atoms with Crippen LogP contribution < -0.4 is 4.74 Å². The zero-order valence-electron chi connectivity index (χ0n) is 16.3. The van der Waals surface area contributed by atoms with Gasteiger partial charge in [-0.15, -0.1) is 11.3 Å². The maximum absolute atomic E-state index is 13.1. The fourth-order valence-electron chi connectivity index (χ4n) is 3.77. The lowest BCUT2D eigenvalue weighted by molar-refractivity contribution is 0.0737. The number of benzene rings is 1. The predicted molar refractivity (Wildman–Crippen MR) is 111 cm³/mol. The van der Waals surface area contributed by atoms with Crippen molar-refractivity contribution in [3.8, 4) is 16.9 Å². The molecule has 1 aliphatic heterocycles. The quantitative estimate of drug-likeness (QED) is 0.638. The van der Waals surface area contributed by atoms with Gasteiger partial charge in [0.1, 0.15) is 10.6 Å². The average molecular weight is 394 g/mol. The van der Waals surface area contributed by atoms with E-state index in [2.05, 4.69) is 29.2 Å². The molecular formula is C22H23N3O2S. The van der Waals surface area contributed by atoms with Crippen molar-refractivity contribution in [2.45, 2.75) is 32.7 Å². The van der Waals surface area contributed by atoms with Crippen molar-refractivity contribution in [2.75, 3.05) is 13.7 Å². The van der Waals surface area contributed by atoms with Crippen LogP contribution >= 0.6 is 11.3 Å². The Morgan fingerprint density at radius 1 is 1.18 bits per heavy atom. The van der Waals surface area contributed by atoms with Crippen molar-refractivity contribution in [1.82, 2.24) is 14.9 Å². The summed E-state index contributed by atoms with van der Waals surface area (Å²) in [5.41, 5.74) is 6.67. The van der Waals surface area contributed by atoms with Gasteiger partial charge in [0.2, 0.25) is 0 Å². The van der Waals surface area contributed by atoms with Crippen molar-refractivity contribution >= 4 is 17.2 Å². The van der Waals surface area contributed by atoms with Crippen LogP contribution in [0, 0.1) is 13.8 Å². The molecular weight excluding hydrogens is 370 g/mol. The van der Waals surface area contributed by atoms with Crippen molar-refractivity contribution in [3.63, 3.8) is 0 Å². The second-order valence-electron chi connectivity index (χ2n) is 7.07. The molecule has 1 aliphatic rings. The van der Waals surface area contributed by atoms with Crippen LogP contribution in [0.4, 0.5) is 0 Å². The number of hydrogen-bond acceptors (Lipinski definition) is 5. The smallest absolute Gasteiger partial charge is 0.266 e. The molecule has 0 saturated carbocycles. The Hall–Kier alpha value is -2.73. The second kappa shape index (κ2) is 7.72. The Labute approximate surface area is 169 Å². The third-order valence-corrected chi connectivity index (χ3v) is 6.11. The van der Waals surface area contributed by atoms with Gasteiger partial charge in [0, 0.05) is 12.2 Å². The number of carbonyl (C=O) groups excluding carboxylic acids is 1. The predicted octanol–water partition coefficient (Wildman–Crippen LogP) is 4.81. The van der Waals surface area contributed by atoms with Gasteiger partial charge in [-0.05, 0) is 62.1 Å². The van der Waals surface area contributed by atoms with E-state index < -0.39 is 0 Å². The summed E-state index contributed by atoms with van der Waals surface area (Å²) in [5.74, 6) is 0.902. The van der Waals surface area contributed by atoms with Crippen molar-refractivity contribution in [2.24, 2.45) is 0 Å². The minimum Gasteiger partial charge on any atom is -0.497 e. The summed E-state index contributed by atoms with van der Waals surface area (Å²) in [5, 5.41) is 0. The van der Waals surface area contributed by atoms with E-state index in [-0.39, 0.29) is 11.9 Å². The first-order chi connectivity index (χ1) is 13.6. The summed E-state index contributed by atoms with van der Waals surface area (Å²) in [6, 6.07) is 12.2. The molecule has 28 heavy (non-hydrogen) atoms. The van der Waals surface area contributed by atoms with Crippen LogP contribution in [0.3, 0.4) is 0 Å². The number of likely N-dealkylation sites (tertiary alicyclic amines) is 1. The number of methoxy groups -OCH3 is 1. The topological polar surface area (TPSA) is 55.3 Å². The largest absolute Gasteiger partial charge is 0.497 e. The molecule has 5 nitrogen and oxygen atoms in total. The van der Waals surface area contributed by atoms with Crippen LogP contribution in [0.15, 0.2) is 41.9 Å². The molecule has 3 heterocycles. The molecule has 0 radical (unpaired) electrons. The van der Waals surface area contributed by atoms with Crippen LogP contribution in [0.1, 0.15) is 45.6 Å². The van der Waals surface area contributed by atoms with E-state index >= 15 is 0 Å². The van der Waals surface area contributed by atoms with E-state index in [0.29, 0.717) is 0 Å². The molecule has 2 aromatic heterocycles. The Bertz CT molecular complexity index is 997. The summed E-state index contributed by atoms with van der Waals surface area (Å²) >= 11 is 1.41. The summed E-state index contributed by atoms with van der Waals surface area (Å²) in [6.45, 7) is 4.65. The number of aryl methyl sites for hydroxylation is 2. The van der Waals surface area contributed by atoms with Gasteiger partial charge in [0.05, 0.1) is 30.1 Å². The van der Waals surface area contributed by atoms with E-state index in [1.165, 1.54) is 11.3 Å². The van der Waals surface area contributed by atoms with Crippen LogP contribution in [0.25, 0.3) is 11.1 Å². The third-order valence-electron chi connectivity index (χ3n) is 5.19. The van der Waals surface area contributed by atoms with Crippen molar-refractivity contribution in [1.29, 1.82) is 0 Å². The number of hydrogen-bond donors (Lipinski definition) is 0. The highest BCUT2D eigenvalue weighted by atomic mass is 32.1. The maximum Gasteiger partial charge on any atom is 0.266 e. The lowest BCUT2D eigenvalue weighted by Crippen LogP contribution is -2.31. The van der Waals surface area contributed by atoms with E-state index in [4.69, 9.17) is 9.72 Å². The number of nitrogens with zero attached hydrogens (tertiary/aromatic N) is 3. The van der Waals surface area contributed by atoms with Gasteiger partial charge in [-0.25, -0.2) is 4.98 Å². The van der Waals surface area contributed by atoms with Gasteiger partial charge in [0.15, 0.2) is 0 Å². The minimum absolute atomic E-state index is 0.00546. The fourth-order valence-corrected chi connectivity index (χ4v) is 4.53. The standard InChI is InChI=1S/C22H23N3O2S/c1-14-11-17(16-6-8-18(27-3)9-7-16)12-19(24-14)20-5-4-10-25(20)22(26)21-15(2)23-13-28-21/h6-9,11-13,20H,4-5,10H2,1-3H3. The molecule has 1 saturated heterocycles. The highest BCUT2D eigenvalue weighted by molar-refractivity contribution is 7.11. The Kier molecular flexibility index (Phi) is 5.13. The Morgan fingerprint density at radius 2 is 1.96 bits per heavy atom. The van der Waals surface area contributed by atoms with Crippen molar-refractivity contribution in [3.05, 3.63) is 63.9 Å². The van der Waals surface area contributed by atoms with E-state index in [1.807, 2.05) is 30.9 Å². The molecule has 4 rings (SSSR count). The molecule has 1 fully saturated rings. The average Bonchev–Trinajstić information content (AvgIpc) is 3.36. The lowest BCUT2D eigenvalue weighted by Gasteiger charge is -2.24. The summed E-state index contributed by atoms with van der Waals surface area (Å²) in [6.07, 6.45) is 1.92. The number of carbonyl (C=O) groups is 1. The SMILES string of the molecule is COc1ccc(-c2cc(C)nc(C3CCCN3C(=O)c3scnc3C)c2)cc1. The molecule has 0 bridgehead atoms. The highest BCUT2D eigenvalue weighted by Gasteiger charge is 2.33. The zero-order valence-corrected chi connectivity index (χ0v) is 17.1. The van der Waals surface area contributed by atoms with Gasteiger partial charge in [-0.1, -0.05) is 12.1 Å². The highest BCUT2D eigenvalue weighted by Crippen LogP contribution is 2.35. The molecule has 1 atom stereocenters. The number of pyridine rings is 1. The van der Waals surface area contributed by atoms with E-state index in [1.54, 1.807) is 12.6 Å². The normalized spacial score (nSPS) is 16.4. The molecule has 1 aromatic carbocycles. The van der Waals surface area contributed by atoms with Gasteiger partial charge < -0.3 is 9.64 Å². The maximum atomic E-state index is 13.1. The van der Waals surface area contributed by atoms with Crippen LogP contribution in [0.5, 0.6) is 5.75 Å². The molecule has 3 aromatic rings. The Morgan fingerprint density at radius 3 is 2.64 bits per heavy atom. The molecule has 1 unspecified atom stereocenters. The zero-order chi connectivity index (χ0) is 19.7. The molecule has 0 spiro atoms. The molecule has 144 valence electrons. The fraction of sp³-hybridized carbons (Fsp3) is 0.318. The van der Waals surface area contributed by atoms with Crippen LogP contribution in [0.2, 0.25) is 0 Å². The van der Waals surface area contributed by atoms with Crippen LogP contribution in [-0.2, 0) is 0 Å². The first-order valence-corrected chi connectivity index (χ1v) is 10.3. The van der Waals surface area contributed by atoms with Crippen molar-refractivity contribution < 1.29 is 9.53 Å². The number of rotatable bonds is 4. The third kappa shape index (κ3) is 3.52. The monoisotopic (exact) mass is 393 g/mol. The van der Waals surface area contributed by atoms with Gasteiger partial charge in [-0.2, -0.15) is 0 Å².